The molecule has 1 aliphatic carbocycles. The zero-order valence-electron chi connectivity index (χ0n) is 20.0. The third-order valence-electron chi connectivity index (χ3n) is 6.57. The second-order valence-electron chi connectivity index (χ2n) is 8.85. The van der Waals surface area contributed by atoms with Gasteiger partial charge in [-0.1, -0.05) is 54.6 Å². The van der Waals surface area contributed by atoms with Gasteiger partial charge in [0.2, 0.25) is 5.95 Å². The lowest BCUT2D eigenvalue weighted by atomic mass is 9.78. The van der Waals surface area contributed by atoms with Crippen molar-refractivity contribution in [1.29, 1.82) is 0 Å². The minimum absolute atomic E-state index is 0.127. The molecule has 0 fully saturated rings. The predicted octanol–water partition coefficient (Wildman–Crippen LogP) is 6.01. The third kappa shape index (κ3) is 4.94. The summed E-state index contributed by atoms with van der Waals surface area (Å²) >= 11 is 0. The van der Waals surface area contributed by atoms with E-state index in [1.165, 1.54) is 6.07 Å². The van der Waals surface area contributed by atoms with Crippen LogP contribution in [0.5, 0.6) is 0 Å². The molecule has 0 radical (unpaired) electrons. The van der Waals surface area contributed by atoms with Crippen molar-refractivity contribution in [2.75, 3.05) is 25.6 Å². The highest BCUT2D eigenvalue weighted by Gasteiger charge is 2.29. The van der Waals surface area contributed by atoms with Gasteiger partial charge < -0.3 is 15.4 Å². The molecule has 3 aromatic carbocycles. The Hall–Kier alpha value is -3.61. The summed E-state index contributed by atoms with van der Waals surface area (Å²) in [4.78, 5) is 9.54. The van der Waals surface area contributed by atoms with E-state index in [1.54, 1.807) is 13.2 Å². The summed E-state index contributed by atoms with van der Waals surface area (Å²) < 4.78 is 19.9. The van der Waals surface area contributed by atoms with Crippen LogP contribution in [-0.4, -0.2) is 30.2 Å². The van der Waals surface area contributed by atoms with Crippen LogP contribution in [0.4, 0.5) is 16.0 Å². The number of fused-ring (bicyclic) bond motifs is 3. The Bertz CT molecular complexity index is 1330. The maximum Gasteiger partial charge on any atom is 0.227 e. The second-order valence-corrected chi connectivity index (χ2v) is 8.85. The Balaban J connectivity index is 1.46. The summed E-state index contributed by atoms with van der Waals surface area (Å²) in [5.41, 5.74) is 6.79. The molecule has 0 saturated heterocycles. The standard InChI is InChI=1S/C29H29FN4O/c1-19(31-14-15-35-2)20-9-7-10-22(16-20)33-29-32-18-26-25(24-12-5-6-13-27(24)30)17-21-8-3-4-11-23(21)28(26)34-29/h3-13,16,18-19,25,31H,14-15,17H2,1-2H3,(H,32,33,34)/t19-,25+/m1/s1. The molecule has 1 aliphatic rings. The van der Waals surface area contributed by atoms with Crippen LogP contribution in [-0.2, 0) is 11.2 Å². The summed E-state index contributed by atoms with van der Waals surface area (Å²) in [5.74, 6) is 0.192. The van der Waals surface area contributed by atoms with Gasteiger partial charge in [0, 0.05) is 48.6 Å². The lowest BCUT2D eigenvalue weighted by Gasteiger charge is -2.27. The van der Waals surface area contributed by atoms with Crippen LogP contribution in [0.2, 0.25) is 0 Å². The number of anilines is 2. The second kappa shape index (κ2) is 10.3. The van der Waals surface area contributed by atoms with E-state index in [9.17, 15) is 4.39 Å². The monoisotopic (exact) mass is 468 g/mol. The van der Waals surface area contributed by atoms with Crippen LogP contribution in [0.15, 0.2) is 79.0 Å². The Kier molecular flexibility index (Phi) is 6.84. The van der Waals surface area contributed by atoms with Gasteiger partial charge in [-0.3, -0.25) is 0 Å². The molecule has 1 aromatic heterocycles. The Morgan fingerprint density at radius 2 is 1.86 bits per heavy atom. The van der Waals surface area contributed by atoms with Crippen molar-refractivity contribution in [3.63, 3.8) is 0 Å². The van der Waals surface area contributed by atoms with Crippen LogP contribution in [0.3, 0.4) is 0 Å². The van der Waals surface area contributed by atoms with Gasteiger partial charge in [-0.15, -0.1) is 0 Å². The van der Waals surface area contributed by atoms with E-state index in [2.05, 4.69) is 46.8 Å². The van der Waals surface area contributed by atoms with Gasteiger partial charge in [0.25, 0.3) is 0 Å². The van der Waals surface area contributed by atoms with Gasteiger partial charge in [0.15, 0.2) is 0 Å². The van der Waals surface area contributed by atoms with E-state index in [1.807, 2.05) is 42.6 Å². The number of halogens is 1. The van der Waals surface area contributed by atoms with Crippen LogP contribution >= 0.6 is 0 Å². The van der Waals surface area contributed by atoms with Crippen molar-refractivity contribution in [2.45, 2.75) is 25.3 Å². The van der Waals surface area contributed by atoms with Crippen molar-refractivity contribution in [3.8, 4) is 11.3 Å². The molecule has 178 valence electrons. The first-order valence-corrected chi connectivity index (χ1v) is 11.9. The molecule has 0 saturated carbocycles. The van der Waals surface area contributed by atoms with Crippen molar-refractivity contribution < 1.29 is 9.13 Å². The number of benzene rings is 3. The number of rotatable bonds is 8. The normalized spacial score (nSPS) is 15.2. The molecule has 0 bridgehead atoms. The van der Waals surface area contributed by atoms with Crippen molar-refractivity contribution in [2.24, 2.45) is 0 Å². The molecule has 6 heteroatoms. The molecule has 0 unspecified atom stereocenters. The minimum Gasteiger partial charge on any atom is -0.383 e. The number of methoxy groups -OCH3 is 1. The lowest BCUT2D eigenvalue weighted by molar-refractivity contribution is 0.196. The van der Waals surface area contributed by atoms with E-state index >= 15 is 0 Å². The highest BCUT2D eigenvalue weighted by molar-refractivity contribution is 5.73. The summed E-state index contributed by atoms with van der Waals surface area (Å²) in [7, 11) is 1.70. The van der Waals surface area contributed by atoms with Crippen molar-refractivity contribution >= 4 is 11.6 Å². The van der Waals surface area contributed by atoms with E-state index in [4.69, 9.17) is 9.72 Å². The van der Waals surface area contributed by atoms with Crippen LogP contribution in [0.1, 0.15) is 41.1 Å². The molecule has 2 atom stereocenters. The molecule has 4 aromatic rings. The van der Waals surface area contributed by atoms with Gasteiger partial charge >= 0.3 is 0 Å². The lowest BCUT2D eigenvalue weighted by Crippen LogP contribution is -2.22. The fraction of sp³-hybridized carbons (Fsp3) is 0.241. The average molecular weight is 469 g/mol. The van der Waals surface area contributed by atoms with E-state index in [-0.39, 0.29) is 17.8 Å². The molecule has 0 aliphatic heterocycles. The van der Waals surface area contributed by atoms with Crippen molar-refractivity contribution in [1.82, 2.24) is 15.3 Å². The molecule has 0 spiro atoms. The van der Waals surface area contributed by atoms with Gasteiger partial charge in [0.1, 0.15) is 5.82 Å². The van der Waals surface area contributed by atoms with E-state index in [0.717, 1.165) is 46.6 Å². The maximum atomic E-state index is 14.7. The fourth-order valence-corrected chi connectivity index (χ4v) is 4.73. The topological polar surface area (TPSA) is 59.1 Å². The number of nitrogens with zero attached hydrogens (tertiary/aromatic N) is 2. The summed E-state index contributed by atoms with van der Waals surface area (Å²) in [6, 6.07) is 23.6. The predicted molar refractivity (Wildman–Crippen MR) is 137 cm³/mol. The third-order valence-corrected chi connectivity index (χ3v) is 6.57. The maximum absolute atomic E-state index is 14.7. The van der Waals surface area contributed by atoms with Gasteiger partial charge in [0.05, 0.1) is 12.3 Å². The molecule has 0 amide bonds. The molecule has 35 heavy (non-hydrogen) atoms. The summed E-state index contributed by atoms with van der Waals surface area (Å²) in [5, 5.41) is 6.82. The van der Waals surface area contributed by atoms with E-state index < -0.39 is 0 Å². The number of hydrogen-bond acceptors (Lipinski definition) is 5. The average Bonchev–Trinajstić information content (AvgIpc) is 2.89. The summed E-state index contributed by atoms with van der Waals surface area (Å²) in [6.45, 7) is 3.58. The zero-order chi connectivity index (χ0) is 24.2. The smallest absolute Gasteiger partial charge is 0.227 e. The SMILES string of the molecule is COCCN[C@H](C)c1cccc(Nc2ncc3c(n2)-c2ccccc2C[C@H]3c2ccccc2F)c1. The number of aromatic nitrogens is 2. The highest BCUT2D eigenvalue weighted by Crippen LogP contribution is 2.42. The number of nitrogens with one attached hydrogen (secondary N) is 2. The Morgan fingerprint density at radius 3 is 2.71 bits per heavy atom. The van der Waals surface area contributed by atoms with Crippen LogP contribution < -0.4 is 10.6 Å². The highest BCUT2D eigenvalue weighted by atomic mass is 19.1. The fourth-order valence-electron chi connectivity index (χ4n) is 4.73. The molecule has 2 N–H and O–H groups in total. The van der Waals surface area contributed by atoms with Gasteiger partial charge in [-0.25, -0.2) is 14.4 Å². The van der Waals surface area contributed by atoms with Gasteiger partial charge in [-0.05, 0) is 48.2 Å². The Morgan fingerprint density at radius 1 is 1.03 bits per heavy atom. The van der Waals surface area contributed by atoms with Crippen molar-refractivity contribution in [3.05, 3.63) is 107 Å². The summed E-state index contributed by atoms with van der Waals surface area (Å²) in [6.07, 6.45) is 2.56. The zero-order valence-corrected chi connectivity index (χ0v) is 20.0. The minimum atomic E-state index is -0.199. The molecular formula is C29H29FN4O. The molecule has 5 nitrogen and oxygen atoms in total. The molecular weight excluding hydrogens is 439 g/mol. The quantitative estimate of drug-likeness (QED) is 0.310. The number of hydrogen-bond donors (Lipinski definition) is 2. The largest absolute Gasteiger partial charge is 0.383 e. The molecule has 1 heterocycles. The first-order chi connectivity index (χ1) is 17.1. The van der Waals surface area contributed by atoms with E-state index in [0.29, 0.717) is 18.1 Å². The van der Waals surface area contributed by atoms with Crippen LogP contribution in [0.25, 0.3) is 11.3 Å². The first kappa shape index (κ1) is 23.1. The van der Waals surface area contributed by atoms with Gasteiger partial charge in [-0.2, -0.15) is 0 Å². The first-order valence-electron chi connectivity index (χ1n) is 11.9. The van der Waals surface area contributed by atoms with Crippen LogP contribution in [0, 0.1) is 5.82 Å². The number of ether oxygens (including phenoxy) is 1. The Labute approximate surface area is 205 Å². The molecule has 5 rings (SSSR count).